The number of aryl methyl sites for hydroxylation is 1. The molecule has 0 saturated heterocycles. The lowest BCUT2D eigenvalue weighted by atomic mass is 10.2. The van der Waals surface area contributed by atoms with Crippen molar-refractivity contribution in [3.63, 3.8) is 0 Å². The lowest BCUT2D eigenvalue weighted by molar-refractivity contribution is 0.282. The topological polar surface area (TPSA) is 38.0 Å². The van der Waals surface area contributed by atoms with Gasteiger partial charge < -0.3 is 5.11 Å². The molecule has 0 saturated carbocycles. The van der Waals surface area contributed by atoms with E-state index in [-0.39, 0.29) is 0 Å². The number of nitrogens with zero attached hydrogens (tertiary/aromatic N) is 2. The van der Waals surface area contributed by atoms with Crippen molar-refractivity contribution in [1.82, 2.24) is 9.78 Å². The number of aromatic nitrogens is 2. The molecule has 0 aromatic carbocycles. The van der Waals surface area contributed by atoms with Gasteiger partial charge in [-0.05, 0) is 44.7 Å². The molecule has 14 heavy (non-hydrogen) atoms. The van der Waals surface area contributed by atoms with E-state index in [2.05, 4.69) is 37.0 Å². The van der Waals surface area contributed by atoms with Crippen LogP contribution < -0.4 is 0 Å². The van der Waals surface area contributed by atoms with Crippen molar-refractivity contribution in [1.29, 1.82) is 0 Å². The SMILES string of the molecule is OCCCCCCn1nc(Br)cc1Br. The Hall–Kier alpha value is 0.130. The second-order valence-electron chi connectivity index (χ2n) is 3.15. The Bertz CT molecular complexity index is 276. The van der Waals surface area contributed by atoms with E-state index >= 15 is 0 Å². The molecule has 5 heteroatoms. The van der Waals surface area contributed by atoms with Crippen molar-refractivity contribution < 1.29 is 5.11 Å². The molecule has 0 aliphatic rings. The van der Waals surface area contributed by atoms with Crippen molar-refractivity contribution in [2.45, 2.75) is 32.2 Å². The van der Waals surface area contributed by atoms with Crippen LogP contribution in [0.1, 0.15) is 25.7 Å². The molecule has 3 nitrogen and oxygen atoms in total. The fourth-order valence-corrected chi connectivity index (χ4v) is 2.44. The van der Waals surface area contributed by atoms with E-state index in [1.165, 1.54) is 0 Å². The first-order chi connectivity index (χ1) is 6.74. The zero-order chi connectivity index (χ0) is 10.4. The van der Waals surface area contributed by atoms with Gasteiger partial charge in [-0.1, -0.05) is 12.8 Å². The van der Waals surface area contributed by atoms with Crippen LogP contribution in [0.15, 0.2) is 15.3 Å². The molecule has 0 aliphatic carbocycles. The molecule has 0 atom stereocenters. The lowest BCUT2D eigenvalue weighted by Gasteiger charge is -2.02. The molecule has 0 amide bonds. The molecule has 1 rings (SSSR count). The largest absolute Gasteiger partial charge is 0.396 e. The molecule has 0 aliphatic heterocycles. The van der Waals surface area contributed by atoms with Gasteiger partial charge in [-0.2, -0.15) is 5.10 Å². The molecular weight excluding hydrogens is 312 g/mol. The van der Waals surface area contributed by atoms with Crippen LogP contribution in [0.2, 0.25) is 0 Å². The molecule has 0 bridgehead atoms. The van der Waals surface area contributed by atoms with E-state index in [0.29, 0.717) is 6.61 Å². The minimum Gasteiger partial charge on any atom is -0.396 e. The van der Waals surface area contributed by atoms with E-state index in [9.17, 15) is 0 Å². The van der Waals surface area contributed by atoms with Gasteiger partial charge in [0.15, 0.2) is 0 Å². The summed E-state index contributed by atoms with van der Waals surface area (Å²) in [7, 11) is 0. The fraction of sp³-hybridized carbons (Fsp3) is 0.667. The number of aliphatic hydroxyl groups excluding tert-OH is 1. The van der Waals surface area contributed by atoms with Crippen LogP contribution in [0.4, 0.5) is 0 Å². The third kappa shape index (κ3) is 4.11. The highest BCUT2D eigenvalue weighted by Gasteiger charge is 2.01. The third-order valence-electron chi connectivity index (χ3n) is 1.98. The van der Waals surface area contributed by atoms with Gasteiger partial charge >= 0.3 is 0 Å². The molecule has 0 unspecified atom stereocenters. The van der Waals surface area contributed by atoms with E-state index < -0.39 is 0 Å². The van der Waals surface area contributed by atoms with Crippen LogP contribution in [0.5, 0.6) is 0 Å². The van der Waals surface area contributed by atoms with Gasteiger partial charge in [0.1, 0.15) is 9.21 Å². The van der Waals surface area contributed by atoms with Crippen molar-refractivity contribution >= 4 is 31.9 Å². The normalized spacial score (nSPS) is 10.8. The zero-order valence-electron chi connectivity index (χ0n) is 7.92. The van der Waals surface area contributed by atoms with Crippen LogP contribution >= 0.6 is 31.9 Å². The molecule has 0 spiro atoms. The Morgan fingerprint density at radius 2 is 1.93 bits per heavy atom. The van der Waals surface area contributed by atoms with Crippen molar-refractivity contribution in [2.24, 2.45) is 0 Å². The number of hydrogen-bond acceptors (Lipinski definition) is 2. The summed E-state index contributed by atoms with van der Waals surface area (Å²) in [5.74, 6) is 0. The standard InChI is InChI=1S/C9H14Br2N2O/c10-8-7-9(11)13(12-8)5-3-1-2-4-6-14/h7,14H,1-6H2. The van der Waals surface area contributed by atoms with Crippen LogP contribution in [0.3, 0.4) is 0 Å². The van der Waals surface area contributed by atoms with Crippen molar-refractivity contribution in [3.05, 3.63) is 15.3 Å². The summed E-state index contributed by atoms with van der Waals surface area (Å²) in [4.78, 5) is 0. The van der Waals surface area contributed by atoms with Crippen molar-refractivity contribution in [2.75, 3.05) is 6.61 Å². The summed E-state index contributed by atoms with van der Waals surface area (Å²) in [6.07, 6.45) is 4.25. The Labute approximate surface area is 101 Å². The average Bonchev–Trinajstić information content (AvgIpc) is 2.45. The second-order valence-corrected chi connectivity index (χ2v) is 4.78. The summed E-state index contributed by atoms with van der Waals surface area (Å²) >= 11 is 6.75. The zero-order valence-corrected chi connectivity index (χ0v) is 11.1. The highest BCUT2D eigenvalue weighted by atomic mass is 79.9. The summed E-state index contributed by atoms with van der Waals surface area (Å²) in [5.41, 5.74) is 0. The van der Waals surface area contributed by atoms with E-state index in [4.69, 9.17) is 5.11 Å². The number of halogens is 2. The Morgan fingerprint density at radius 1 is 1.21 bits per heavy atom. The van der Waals surface area contributed by atoms with Gasteiger partial charge in [-0.25, -0.2) is 0 Å². The van der Waals surface area contributed by atoms with Crippen LogP contribution in [-0.4, -0.2) is 21.5 Å². The minimum absolute atomic E-state index is 0.303. The Kier molecular flexibility index (Phi) is 5.74. The molecule has 0 fully saturated rings. The van der Waals surface area contributed by atoms with E-state index in [1.54, 1.807) is 0 Å². The fourth-order valence-electron chi connectivity index (χ4n) is 1.25. The molecular formula is C9H14Br2N2O. The monoisotopic (exact) mass is 324 g/mol. The van der Waals surface area contributed by atoms with Gasteiger partial charge in [0.25, 0.3) is 0 Å². The number of aliphatic hydroxyl groups is 1. The maximum absolute atomic E-state index is 8.60. The highest BCUT2D eigenvalue weighted by Crippen LogP contribution is 2.17. The first-order valence-corrected chi connectivity index (χ1v) is 6.32. The first kappa shape index (κ1) is 12.2. The van der Waals surface area contributed by atoms with Crippen molar-refractivity contribution in [3.8, 4) is 0 Å². The Balaban J connectivity index is 2.21. The van der Waals surface area contributed by atoms with Gasteiger partial charge in [-0.15, -0.1) is 0 Å². The third-order valence-corrected chi connectivity index (χ3v) is 3.00. The van der Waals surface area contributed by atoms with Crippen LogP contribution in [-0.2, 0) is 6.54 Å². The van der Waals surface area contributed by atoms with E-state index in [1.807, 2.05) is 10.7 Å². The molecule has 80 valence electrons. The Morgan fingerprint density at radius 3 is 2.50 bits per heavy atom. The molecule has 0 radical (unpaired) electrons. The summed E-state index contributed by atoms with van der Waals surface area (Å²) in [6, 6.07) is 1.94. The lowest BCUT2D eigenvalue weighted by Crippen LogP contribution is -2.00. The number of hydrogen-bond donors (Lipinski definition) is 1. The average molecular weight is 326 g/mol. The quantitative estimate of drug-likeness (QED) is 0.817. The molecule has 1 N–H and O–H groups in total. The van der Waals surface area contributed by atoms with Gasteiger partial charge in [0.05, 0.1) is 0 Å². The number of unbranched alkanes of at least 4 members (excludes halogenated alkanes) is 3. The van der Waals surface area contributed by atoms with Gasteiger partial charge in [0, 0.05) is 19.2 Å². The van der Waals surface area contributed by atoms with Crippen LogP contribution in [0, 0.1) is 0 Å². The molecule has 1 aromatic heterocycles. The van der Waals surface area contributed by atoms with Gasteiger partial charge in [-0.3, -0.25) is 4.68 Å². The van der Waals surface area contributed by atoms with Gasteiger partial charge in [0.2, 0.25) is 0 Å². The molecule has 1 heterocycles. The summed E-state index contributed by atoms with van der Waals surface area (Å²) < 4.78 is 3.80. The predicted molar refractivity (Wildman–Crippen MR) is 63.2 cm³/mol. The highest BCUT2D eigenvalue weighted by molar-refractivity contribution is 9.11. The maximum atomic E-state index is 8.60. The summed E-state index contributed by atoms with van der Waals surface area (Å²) in [5, 5.41) is 12.9. The number of rotatable bonds is 6. The minimum atomic E-state index is 0.303. The first-order valence-electron chi connectivity index (χ1n) is 4.73. The van der Waals surface area contributed by atoms with E-state index in [0.717, 1.165) is 41.4 Å². The predicted octanol–water partition coefficient (Wildman–Crippen LogP) is 2.96. The smallest absolute Gasteiger partial charge is 0.129 e. The summed E-state index contributed by atoms with van der Waals surface area (Å²) in [6.45, 7) is 1.23. The molecule has 1 aromatic rings. The maximum Gasteiger partial charge on any atom is 0.129 e. The van der Waals surface area contributed by atoms with Crippen LogP contribution in [0.25, 0.3) is 0 Å². The second kappa shape index (κ2) is 6.58.